The van der Waals surface area contributed by atoms with Gasteiger partial charge in [-0.3, -0.25) is 14.5 Å². The zero-order chi connectivity index (χ0) is 31.8. The molecule has 2 aromatic heterocycles. The number of aromatic nitrogens is 1. The van der Waals surface area contributed by atoms with E-state index in [1.54, 1.807) is 4.57 Å². The van der Waals surface area contributed by atoms with Crippen LogP contribution in [0.3, 0.4) is 0 Å². The average Bonchev–Trinajstić information content (AvgIpc) is 3.42. The van der Waals surface area contributed by atoms with E-state index >= 15 is 4.39 Å². The minimum atomic E-state index is -0.641. The van der Waals surface area contributed by atoms with Gasteiger partial charge in [-0.05, 0) is 44.0 Å². The highest BCUT2D eigenvalue weighted by Gasteiger charge is 2.30. The number of aliphatic hydroxyl groups excluding tert-OH is 1. The van der Waals surface area contributed by atoms with Crippen LogP contribution >= 0.6 is 0 Å². The van der Waals surface area contributed by atoms with Crippen molar-refractivity contribution in [2.24, 2.45) is 0 Å². The van der Waals surface area contributed by atoms with Crippen LogP contribution in [-0.4, -0.2) is 72.5 Å². The number of anilines is 1. The molecule has 2 aliphatic heterocycles. The normalized spacial score (nSPS) is 15.2. The summed E-state index contributed by atoms with van der Waals surface area (Å²) in [6, 6.07) is 12.2. The van der Waals surface area contributed by atoms with Crippen LogP contribution in [0, 0.1) is 5.82 Å². The van der Waals surface area contributed by atoms with Crippen molar-refractivity contribution in [3.8, 4) is 17.2 Å². The van der Waals surface area contributed by atoms with Gasteiger partial charge in [0.15, 0.2) is 17.3 Å². The van der Waals surface area contributed by atoms with E-state index in [0.29, 0.717) is 60.7 Å². The Bertz CT molecular complexity index is 1990. The molecular weight excluding hydrogens is 591 g/mol. The van der Waals surface area contributed by atoms with Crippen LogP contribution in [0.4, 0.5) is 10.1 Å². The highest BCUT2D eigenvalue weighted by Crippen LogP contribution is 2.47. The second-order valence-corrected chi connectivity index (χ2v) is 11.9. The number of halogens is 1. The molecule has 0 bridgehead atoms. The van der Waals surface area contributed by atoms with E-state index in [0.717, 1.165) is 43.2 Å². The van der Waals surface area contributed by atoms with E-state index in [1.165, 1.54) is 12.3 Å². The third kappa shape index (κ3) is 5.48. The van der Waals surface area contributed by atoms with Crippen molar-refractivity contribution in [3.63, 3.8) is 0 Å². The van der Waals surface area contributed by atoms with E-state index in [9.17, 15) is 14.7 Å². The SMILES string of the molecule is CCCC(CCO)NC(=O)c1cn2c3c(c(NCCCN4CCOCC4)c(F)cc3c1=O)Oc1cc3c(cc1-2)oc1ccccc13. The van der Waals surface area contributed by atoms with Crippen molar-refractivity contribution in [3.05, 3.63) is 70.3 Å². The fraction of sp³-hybridized carbons (Fsp3) is 0.371. The van der Waals surface area contributed by atoms with Gasteiger partial charge in [0.1, 0.15) is 27.9 Å². The Kier molecular flexibility index (Phi) is 8.37. The van der Waals surface area contributed by atoms with Gasteiger partial charge in [-0.25, -0.2) is 4.39 Å². The molecule has 0 spiro atoms. The molecule has 2 aliphatic rings. The molecule has 5 aromatic rings. The van der Waals surface area contributed by atoms with Crippen molar-refractivity contribution in [2.45, 2.75) is 38.6 Å². The molecule has 1 fully saturated rings. The van der Waals surface area contributed by atoms with Gasteiger partial charge in [0.25, 0.3) is 5.91 Å². The smallest absolute Gasteiger partial charge is 0.257 e. The third-order valence-electron chi connectivity index (χ3n) is 8.88. The molecule has 11 heteroatoms. The van der Waals surface area contributed by atoms with Gasteiger partial charge in [-0.1, -0.05) is 31.5 Å². The third-order valence-corrected chi connectivity index (χ3v) is 8.88. The predicted octanol–water partition coefficient (Wildman–Crippen LogP) is 5.55. The fourth-order valence-corrected chi connectivity index (χ4v) is 6.56. The molecule has 1 atom stereocenters. The van der Waals surface area contributed by atoms with Crippen LogP contribution in [0.15, 0.2) is 57.9 Å². The number of nitrogens with one attached hydrogen (secondary N) is 2. The van der Waals surface area contributed by atoms with Gasteiger partial charge in [0, 0.05) is 55.3 Å². The summed E-state index contributed by atoms with van der Waals surface area (Å²) >= 11 is 0. The Morgan fingerprint density at radius 1 is 1.07 bits per heavy atom. The number of aliphatic hydroxyl groups is 1. The number of hydrogen-bond donors (Lipinski definition) is 3. The van der Waals surface area contributed by atoms with Gasteiger partial charge in [-0.15, -0.1) is 0 Å². The number of nitrogens with zero attached hydrogens (tertiary/aromatic N) is 2. The van der Waals surface area contributed by atoms with E-state index < -0.39 is 17.2 Å². The summed E-state index contributed by atoms with van der Waals surface area (Å²) < 4.78 is 35.7. The molecule has 0 radical (unpaired) electrons. The van der Waals surface area contributed by atoms with Crippen LogP contribution in [0.2, 0.25) is 0 Å². The highest BCUT2D eigenvalue weighted by atomic mass is 19.1. The summed E-state index contributed by atoms with van der Waals surface area (Å²) in [7, 11) is 0. The molecule has 3 aromatic carbocycles. The second kappa shape index (κ2) is 12.7. The van der Waals surface area contributed by atoms with Crippen molar-refractivity contribution >= 4 is 44.4 Å². The topological polar surface area (TPSA) is 118 Å². The van der Waals surface area contributed by atoms with Crippen LogP contribution in [-0.2, 0) is 4.74 Å². The minimum Gasteiger partial charge on any atom is -0.456 e. The predicted molar refractivity (Wildman–Crippen MR) is 175 cm³/mol. The number of para-hydroxylation sites is 1. The number of amides is 1. The number of fused-ring (bicyclic) bond motifs is 5. The Labute approximate surface area is 264 Å². The summed E-state index contributed by atoms with van der Waals surface area (Å²) in [6.07, 6.45) is 4.08. The molecular formula is C35H37FN4O6. The van der Waals surface area contributed by atoms with Crippen molar-refractivity contribution in [1.29, 1.82) is 0 Å². The summed E-state index contributed by atoms with van der Waals surface area (Å²) in [5, 5.41) is 17.4. The molecule has 1 amide bonds. The molecule has 0 aliphatic carbocycles. The number of furan rings is 1. The molecule has 0 saturated carbocycles. The first-order valence-electron chi connectivity index (χ1n) is 16.0. The zero-order valence-electron chi connectivity index (χ0n) is 25.7. The first-order chi connectivity index (χ1) is 22.5. The van der Waals surface area contributed by atoms with Gasteiger partial charge in [0.2, 0.25) is 5.43 Å². The molecule has 10 nitrogen and oxygen atoms in total. The zero-order valence-corrected chi connectivity index (χ0v) is 25.7. The van der Waals surface area contributed by atoms with Crippen molar-refractivity contribution < 1.29 is 28.2 Å². The summed E-state index contributed by atoms with van der Waals surface area (Å²) in [5.74, 6) is -0.589. The van der Waals surface area contributed by atoms with Crippen LogP contribution < -0.4 is 20.8 Å². The van der Waals surface area contributed by atoms with E-state index in [4.69, 9.17) is 13.9 Å². The van der Waals surface area contributed by atoms with Gasteiger partial charge in [-0.2, -0.15) is 0 Å². The fourth-order valence-electron chi connectivity index (χ4n) is 6.56. The maximum absolute atomic E-state index is 16.0. The Morgan fingerprint density at radius 3 is 2.70 bits per heavy atom. The lowest BCUT2D eigenvalue weighted by Gasteiger charge is -2.27. The maximum Gasteiger partial charge on any atom is 0.257 e. The highest BCUT2D eigenvalue weighted by molar-refractivity contribution is 6.07. The van der Waals surface area contributed by atoms with Crippen molar-refractivity contribution in [1.82, 2.24) is 14.8 Å². The monoisotopic (exact) mass is 628 g/mol. The number of morpholine rings is 1. The number of ether oxygens (including phenoxy) is 2. The summed E-state index contributed by atoms with van der Waals surface area (Å²) in [4.78, 5) is 29.7. The number of hydrogen-bond acceptors (Lipinski definition) is 8. The largest absolute Gasteiger partial charge is 0.456 e. The van der Waals surface area contributed by atoms with Gasteiger partial charge >= 0.3 is 0 Å². The molecule has 240 valence electrons. The van der Waals surface area contributed by atoms with Crippen LogP contribution in [0.5, 0.6) is 11.5 Å². The number of rotatable bonds is 11. The summed E-state index contributed by atoms with van der Waals surface area (Å²) in [5.41, 5.74) is 1.68. The van der Waals surface area contributed by atoms with E-state index in [1.807, 2.05) is 43.3 Å². The molecule has 1 saturated heterocycles. The van der Waals surface area contributed by atoms with E-state index in [-0.39, 0.29) is 35.0 Å². The van der Waals surface area contributed by atoms with Crippen molar-refractivity contribution in [2.75, 3.05) is 51.3 Å². The molecule has 7 rings (SSSR count). The first-order valence-corrected chi connectivity index (χ1v) is 16.0. The molecule has 3 N–H and O–H groups in total. The lowest BCUT2D eigenvalue weighted by atomic mass is 10.0. The number of benzene rings is 3. The summed E-state index contributed by atoms with van der Waals surface area (Å²) in [6.45, 7) is 6.38. The van der Waals surface area contributed by atoms with E-state index in [2.05, 4.69) is 15.5 Å². The average molecular weight is 629 g/mol. The minimum absolute atomic E-state index is 0.0311. The van der Waals surface area contributed by atoms with Crippen LogP contribution in [0.25, 0.3) is 38.5 Å². The van der Waals surface area contributed by atoms with Gasteiger partial charge < -0.3 is 34.2 Å². The Balaban J connectivity index is 1.34. The first kappa shape index (κ1) is 30.2. The number of carbonyl (C=O) groups excluding carboxylic acids is 1. The van der Waals surface area contributed by atoms with Crippen LogP contribution in [0.1, 0.15) is 43.0 Å². The van der Waals surface area contributed by atoms with Gasteiger partial charge in [0.05, 0.1) is 24.3 Å². The lowest BCUT2D eigenvalue weighted by molar-refractivity contribution is 0.0378. The maximum atomic E-state index is 16.0. The Morgan fingerprint density at radius 2 is 1.89 bits per heavy atom. The quantitative estimate of drug-likeness (QED) is 0.160. The number of pyridine rings is 1. The molecule has 46 heavy (non-hydrogen) atoms. The molecule has 4 heterocycles. The second-order valence-electron chi connectivity index (χ2n) is 11.9. The lowest BCUT2D eigenvalue weighted by Crippen LogP contribution is -2.38. The standard InChI is InChI=1S/C35H37FN4O6/c1-2-6-21(9-14-41)38-35(43)25-20-40-27-19-29-23(22-7-3-4-8-28(22)45-29)18-30(27)46-34-31(26(36)17-24(32(34)40)33(25)42)37-10-5-11-39-12-15-44-16-13-39/h3-4,7-8,17-21,37,41H,2,5-6,9-16H2,1H3,(H,38,43). The molecule has 1 unspecified atom stereocenters. The number of carbonyl (C=O) groups is 1. The Hall–Kier alpha value is -4.45.